The molecule has 1 aromatic rings. The van der Waals surface area contributed by atoms with Crippen LogP contribution < -0.4 is 10.5 Å². The molecule has 0 heterocycles. The van der Waals surface area contributed by atoms with E-state index in [1.807, 2.05) is 18.2 Å². The first-order valence-electron chi connectivity index (χ1n) is 6.49. The summed E-state index contributed by atoms with van der Waals surface area (Å²) >= 11 is 0. The Labute approximate surface area is 103 Å². The number of nitrogens with two attached hydrogens (primary N) is 1. The highest BCUT2D eigenvalue weighted by molar-refractivity contribution is 5.36. The van der Waals surface area contributed by atoms with Gasteiger partial charge in [-0.05, 0) is 37.8 Å². The van der Waals surface area contributed by atoms with Gasteiger partial charge in [0.25, 0.3) is 0 Å². The monoisotopic (exact) mass is 231 g/mol. The molecule has 0 spiro atoms. The van der Waals surface area contributed by atoms with E-state index >= 15 is 0 Å². The molecule has 2 N–H and O–H groups in total. The van der Waals surface area contributed by atoms with E-state index in [9.17, 15) is 0 Å². The van der Waals surface area contributed by atoms with Crippen LogP contribution in [0.1, 0.15) is 44.2 Å². The molecule has 92 valence electrons. The van der Waals surface area contributed by atoms with Gasteiger partial charge in [0.1, 0.15) is 11.9 Å². The highest BCUT2D eigenvalue weighted by Crippen LogP contribution is 2.28. The van der Waals surface area contributed by atoms with Gasteiger partial charge in [0, 0.05) is 11.6 Å². The van der Waals surface area contributed by atoms with Crippen molar-refractivity contribution in [3.8, 4) is 5.75 Å². The maximum absolute atomic E-state index is 6.10. The molecule has 2 nitrogen and oxygen atoms in total. The molecule has 2 heteroatoms. The number of ether oxygens (including phenoxy) is 1. The van der Waals surface area contributed by atoms with Crippen LogP contribution in [-0.2, 0) is 0 Å². The van der Waals surface area contributed by atoms with Gasteiger partial charge in [0.15, 0.2) is 0 Å². The summed E-state index contributed by atoms with van der Waals surface area (Å²) in [4.78, 5) is 0. The maximum atomic E-state index is 6.10. The van der Waals surface area contributed by atoms with Crippen molar-refractivity contribution < 1.29 is 4.74 Å². The lowest BCUT2D eigenvalue weighted by atomic mass is 10.0. The van der Waals surface area contributed by atoms with Crippen LogP contribution in [0.15, 0.2) is 36.4 Å². The largest absolute Gasteiger partial charge is 0.486 e. The summed E-state index contributed by atoms with van der Waals surface area (Å²) in [5.74, 6) is 0.943. The van der Waals surface area contributed by atoms with Gasteiger partial charge in [0.2, 0.25) is 0 Å². The quantitative estimate of drug-likeness (QED) is 0.804. The molecule has 0 saturated carbocycles. The zero-order chi connectivity index (χ0) is 12.1. The number of hydrogen-bond acceptors (Lipinski definition) is 2. The molecule has 1 aliphatic carbocycles. The SMILES string of the molecule is CC[C@H](N)c1ccccc1OC1C=CCCC1. The van der Waals surface area contributed by atoms with Crippen LogP contribution >= 0.6 is 0 Å². The molecule has 0 fully saturated rings. The van der Waals surface area contributed by atoms with Crippen molar-refractivity contribution in [3.63, 3.8) is 0 Å². The lowest BCUT2D eigenvalue weighted by Crippen LogP contribution is -2.18. The second-order valence-electron chi connectivity index (χ2n) is 4.57. The van der Waals surface area contributed by atoms with Crippen LogP contribution in [-0.4, -0.2) is 6.10 Å². The second-order valence-corrected chi connectivity index (χ2v) is 4.57. The standard InChI is InChI=1S/C15H21NO/c1-2-14(16)13-10-6-7-11-15(13)17-12-8-4-3-5-9-12/h4,6-8,10-12,14H,2-3,5,9,16H2,1H3/t12?,14-/m0/s1. The minimum atomic E-state index is 0.0683. The second kappa shape index (κ2) is 5.87. The third kappa shape index (κ3) is 3.10. The molecule has 2 atom stereocenters. The number of hydrogen-bond donors (Lipinski definition) is 1. The van der Waals surface area contributed by atoms with Crippen molar-refractivity contribution in [2.45, 2.75) is 44.8 Å². The Kier molecular flexibility index (Phi) is 4.21. The minimum Gasteiger partial charge on any atom is -0.486 e. The average Bonchev–Trinajstić information content (AvgIpc) is 2.40. The third-order valence-electron chi connectivity index (χ3n) is 3.25. The number of para-hydroxylation sites is 1. The van der Waals surface area contributed by atoms with Crippen molar-refractivity contribution in [2.75, 3.05) is 0 Å². The van der Waals surface area contributed by atoms with Gasteiger partial charge in [0.05, 0.1) is 0 Å². The topological polar surface area (TPSA) is 35.2 Å². The molecule has 0 saturated heterocycles. The Bertz CT molecular complexity index is 386. The molecule has 0 radical (unpaired) electrons. The zero-order valence-electron chi connectivity index (χ0n) is 10.4. The summed E-state index contributed by atoms with van der Waals surface area (Å²) in [5, 5.41) is 0. The predicted octanol–water partition coefficient (Wildman–Crippen LogP) is 3.58. The van der Waals surface area contributed by atoms with Crippen molar-refractivity contribution in [3.05, 3.63) is 42.0 Å². The minimum absolute atomic E-state index is 0.0683. The van der Waals surface area contributed by atoms with Crippen LogP contribution in [0.5, 0.6) is 5.75 Å². The molecule has 0 bridgehead atoms. The fourth-order valence-electron chi connectivity index (χ4n) is 2.16. The van der Waals surface area contributed by atoms with Gasteiger partial charge in [-0.25, -0.2) is 0 Å². The Morgan fingerprint density at radius 1 is 1.41 bits per heavy atom. The summed E-state index contributed by atoms with van der Waals surface area (Å²) in [5.41, 5.74) is 7.22. The summed E-state index contributed by atoms with van der Waals surface area (Å²) < 4.78 is 6.04. The zero-order valence-corrected chi connectivity index (χ0v) is 10.4. The van der Waals surface area contributed by atoms with E-state index in [1.54, 1.807) is 0 Å². The molecular formula is C15H21NO. The van der Waals surface area contributed by atoms with E-state index in [-0.39, 0.29) is 12.1 Å². The Morgan fingerprint density at radius 2 is 2.24 bits per heavy atom. The summed E-state index contributed by atoms with van der Waals surface area (Å²) in [7, 11) is 0. The Hall–Kier alpha value is -1.28. The normalized spacial score (nSPS) is 21.2. The molecule has 1 aromatic carbocycles. The van der Waals surface area contributed by atoms with E-state index in [1.165, 1.54) is 12.8 Å². The molecule has 1 aliphatic rings. The predicted molar refractivity (Wildman–Crippen MR) is 71.1 cm³/mol. The lowest BCUT2D eigenvalue weighted by molar-refractivity contribution is 0.226. The molecule has 0 amide bonds. The fourth-order valence-corrected chi connectivity index (χ4v) is 2.16. The molecular weight excluding hydrogens is 210 g/mol. The van der Waals surface area contributed by atoms with Gasteiger partial charge in [-0.15, -0.1) is 0 Å². The first-order chi connectivity index (χ1) is 8.31. The van der Waals surface area contributed by atoms with Gasteiger partial charge >= 0.3 is 0 Å². The number of rotatable bonds is 4. The maximum Gasteiger partial charge on any atom is 0.124 e. The Morgan fingerprint density at radius 3 is 2.94 bits per heavy atom. The fraction of sp³-hybridized carbons (Fsp3) is 0.467. The van der Waals surface area contributed by atoms with E-state index < -0.39 is 0 Å². The van der Waals surface area contributed by atoms with E-state index in [2.05, 4.69) is 25.1 Å². The van der Waals surface area contributed by atoms with Crippen molar-refractivity contribution in [1.29, 1.82) is 0 Å². The first-order valence-corrected chi connectivity index (χ1v) is 6.49. The first kappa shape index (κ1) is 12.2. The lowest BCUT2D eigenvalue weighted by Gasteiger charge is -2.22. The molecule has 17 heavy (non-hydrogen) atoms. The van der Waals surface area contributed by atoms with Crippen LogP contribution in [0.4, 0.5) is 0 Å². The van der Waals surface area contributed by atoms with Gasteiger partial charge in [-0.2, -0.15) is 0 Å². The summed E-state index contributed by atoms with van der Waals surface area (Å²) in [6, 6.07) is 8.18. The Balaban J connectivity index is 2.14. The number of allylic oxidation sites excluding steroid dienone is 1. The molecule has 0 aliphatic heterocycles. The van der Waals surface area contributed by atoms with Crippen molar-refractivity contribution in [1.82, 2.24) is 0 Å². The van der Waals surface area contributed by atoms with E-state index in [4.69, 9.17) is 10.5 Å². The number of benzene rings is 1. The highest BCUT2D eigenvalue weighted by Gasteiger charge is 2.14. The average molecular weight is 231 g/mol. The molecule has 1 unspecified atom stereocenters. The summed E-state index contributed by atoms with van der Waals surface area (Å²) in [6.45, 7) is 2.10. The van der Waals surface area contributed by atoms with Crippen LogP contribution in [0, 0.1) is 0 Å². The van der Waals surface area contributed by atoms with Gasteiger partial charge in [-0.1, -0.05) is 31.2 Å². The van der Waals surface area contributed by atoms with Crippen molar-refractivity contribution >= 4 is 0 Å². The molecule has 2 rings (SSSR count). The molecule has 0 aromatic heterocycles. The smallest absolute Gasteiger partial charge is 0.124 e. The van der Waals surface area contributed by atoms with E-state index in [0.717, 1.165) is 24.2 Å². The van der Waals surface area contributed by atoms with Crippen LogP contribution in [0.25, 0.3) is 0 Å². The third-order valence-corrected chi connectivity index (χ3v) is 3.25. The highest BCUT2D eigenvalue weighted by atomic mass is 16.5. The van der Waals surface area contributed by atoms with Gasteiger partial charge in [-0.3, -0.25) is 0 Å². The van der Waals surface area contributed by atoms with Crippen LogP contribution in [0.2, 0.25) is 0 Å². The summed E-state index contributed by atoms with van der Waals surface area (Å²) in [6.07, 6.45) is 9.01. The van der Waals surface area contributed by atoms with Gasteiger partial charge < -0.3 is 10.5 Å². The van der Waals surface area contributed by atoms with Crippen LogP contribution in [0.3, 0.4) is 0 Å². The van der Waals surface area contributed by atoms with E-state index in [0.29, 0.717) is 0 Å². The van der Waals surface area contributed by atoms with Crippen molar-refractivity contribution in [2.24, 2.45) is 5.73 Å².